The fraction of sp³-hybridized carbons (Fsp3) is 0.586. The molecule has 1 saturated heterocycles. The van der Waals surface area contributed by atoms with E-state index in [1.165, 1.54) is 6.08 Å². The number of unbranched alkanes of at least 4 members (excludes halogenated alkanes) is 2. The van der Waals surface area contributed by atoms with Crippen LogP contribution in [0.3, 0.4) is 0 Å². The third-order valence-corrected chi connectivity index (χ3v) is 12.5. The quantitative estimate of drug-likeness (QED) is 0.0783. The first kappa shape index (κ1) is 32.4. The van der Waals surface area contributed by atoms with E-state index in [4.69, 9.17) is 13.9 Å². The van der Waals surface area contributed by atoms with Crippen LogP contribution in [-0.2, 0) is 9.16 Å². The number of likely N-dealkylation sites (tertiary alicyclic amines) is 1. The number of hydrogen-bond donors (Lipinski definition) is 1. The summed E-state index contributed by atoms with van der Waals surface area (Å²) in [5.74, 6) is 0.460. The normalized spacial score (nSPS) is 15.9. The molecule has 0 radical (unpaired) electrons. The Balaban J connectivity index is 2.31. The van der Waals surface area contributed by atoms with Crippen molar-refractivity contribution in [2.75, 3.05) is 36.1 Å². The van der Waals surface area contributed by atoms with Crippen LogP contribution in [0.25, 0.3) is 0 Å². The second kappa shape index (κ2) is 14.5. The number of nitrogens with zero attached hydrogens (tertiary/aromatic N) is 1. The van der Waals surface area contributed by atoms with Gasteiger partial charge in [0.05, 0.1) is 30.5 Å². The van der Waals surface area contributed by atoms with Crippen LogP contribution in [0.4, 0.5) is 10.5 Å². The second-order valence-electron chi connectivity index (χ2n) is 11.4. The smallest absolute Gasteiger partial charge is 0.411 e. The molecule has 9 heteroatoms. The number of aryl methyl sites for hydroxylation is 1. The van der Waals surface area contributed by atoms with Crippen molar-refractivity contribution in [2.24, 2.45) is 0 Å². The van der Waals surface area contributed by atoms with E-state index in [-0.39, 0.29) is 23.6 Å². The fourth-order valence-corrected chi connectivity index (χ4v) is 5.48. The lowest BCUT2D eigenvalue weighted by Gasteiger charge is -2.38. The number of hydrogen-bond acceptors (Lipinski definition) is 5. The van der Waals surface area contributed by atoms with Crippen LogP contribution in [-0.4, -0.2) is 62.1 Å². The van der Waals surface area contributed by atoms with Gasteiger partial charge in [-0.3, -0.25) is 10.1 Å². The third kappa shape index (κ3) is 9.12. The number of carbonyl (C=O) groups is 2. The van der Waals surface area contributed by atoms with E-state index in [0.717, 1.165) is 34.8 Å². The molecule has 0 unspecified atom stereocenters. The molecule has 1 aromatic rings. The minimum atomic E-state index is -1.99. The number of carbonyl (C=O) groups excluding carboxylic acids is 2. The molecule has 2 rings (SSSR count). The molecule has 38 heavy (non-hydrogen) atoms. The number of benzene rings is 1. The van der Waals surface area contributed by atoms with Crippen molar-refractivity contribution in [3.63, 3.8) is 0 Å². The van der Waals surface area contributed by atoms with Crippen molar-refractivity contribution in [3.8, 4) is 5.75 Å². The van der Waals surface area contributed by atoms with E-state index >= 15 is 0 Å². The summed E-state index contributed by atoms with van der Waals surface area (Å²) in [5, 5.41) is 2.82. The molecule has 0 bridgehead atoms. The maximum absolute atomic E-state index is 13.9. The lowest BCUT2D eigenvalue weighted by atomic mass is 10.1. The summed E-state index contributed by atoms with van der Waals surface area (Å²) in [7, 11) is -1.99. The summed E-state index contributed by atoms with van der Waals surface area (Å²) in [6.45, 7) is 22.2. The number of rotatable bonds is 13. The molecule has 1 fully saturated rings. The lowest BCUT2D eigenvalue weighted by Crippen LogP contribution is -2.46. The Morgan fingerprint density at radius 2 is 1.95 bits per heavy atom. The molecule has 0 aliphatic carbocycles. The summed E-state index contributed by atoms with van der Waals surface area (Å²) >= 11 is 2.37. The highest BCUT2D eigenvalue weighted by molar-refractivity contribution is 14.1. The number of anilines is 1. The van der Waals surface area contributed by atoms with Gasteiger partial charge in [-0.05, 0) is 66.8 Å². The van der Waals surface area contributed by atoms with Crippen LogP contribution in [0.15, 0.2) is 36.9 Å². The zero-order valence-corrected chi connectivity index (χ0v) is 27.1. The molecular weight excluding hydrogens is 611 g/mol. The van der Waals surface area contributed by atoms with Crippen molar-refractivity contribution in [1.82, 2.24) is 4.90 Å². The monoisotopic (exact) mass is 656 g/mol. The van der Waals surface area contributed by atoms with Gasteiger partial charge in [-0.15, -0.1) is 0 Å². The van der Waals surface area contributed by atoms with Gasteiger partial charge in [0.2, 0.25) is 0 Å². The molecule has 1 aromatic carbocycles. The van der Waals surface area contributed by atoms with Crippen molar-refractivity contribution in [3.05, 3.63) is 48.1 Å². The van der Waals surface area contributed by atoms with Gasteiger partial charge >= 0.3 is 6.09 Å². The summed E-state index contributed by atoms with van der Waals surface area (Å²) in [4.78, 5) is 28.2. The van der Waals surface area contributed by atoms with Crippen LogP contribution in [0.2, 0.25) is 18.1 Å². The first-order valence-electron chi connectivity index (χ1n) is 13.3. The maximum Gasteiger partial charge on any atom is 0.411 e. The van der Waals surface area contributed by atoms with Gasteiger partial charge in [-0.2, -0.15) is 0 Å². The highest BCUT2D eigenvalue weighted by Crippen LogP contribution is 2.38. The summed E-state index contributed by atoms with van der Waals surface area (Å²) in [6, 6.07) is 3.40. The molecule has 1 atom stereocenters. The van der Waals surface area contributed by atoms with Crippen LogP contribution in [0.1, 0.15) is 62.4 Å². The van der Waals surface area contributed by atoms with Gasteiger partial charge in [-0.1, -0.05) is 68.2 Å². The zero-order valence-electron chi connectivity index (χ0n) is 24.0. The Labute approximate surface area is 243 Å². The number of nitrogens with one attached hydrogen (secondary N) is 1. The molecule has 1 aliphatic heterocycles. The predicted octanol–water partition coefficient (Wildman–Crippen LogP) is 7.51. The van der Waals surface area contributed by atoms with Crippen molar-refractivity contribution >= 4 is 48.6 Å². The number of amides is 2. The molecule has 0 spiro atoms. The Bertz CT molecular complexity index is 1010. The van der Waals surface area contributed by atoms with Crippen LogP contribution in [0.5, 0.6) is 5.75 Å². The number of alkyl halides is 1. The van der Waals surface area contributed by atoms with Gasteiger partial charge in [0.15, 0.2) is 8.32 Å². The number of ether oxygens (including phenoxy) is 2. The molecule has 7 nitrogen and oxygen atoms in total. The van der Waals surface area contributed by atoms with Crippen LogP contribution >= 0.6 is 22.6 Å². The van der Waals surface area contributed by atoms with E-state index in [9.17, 15) is 9.59 Å². The molecule has 2 amide bonds. The minimum absolute atomic E-state index is 0.0694. The molecule has 0 aromatic heterocycles. The average molecular weight is 657 g/mol. The third-order valence-electron chi connectivity index (χ3n) is 7.21. The Kier molecular flexibility index (Phi) is 12.4. The maximum atomic E-state index is 13.9. The van der Waals surface area contributed by atoms with Gasteiger partial charge in [0, 0.05) is 12.6 Å². The first-order chi connectivity index (χ1) is 17.8. The largest absolute Gasteiger partial charge is 0.493 e. The SMILES string of the molecule is C=CCOC(=O)Nc1cc(OCCCCCI)c(C)cc1C(=O)N1CC(=C)C[C@H]1CO[Si](C)(C)C(C)(C)C. The zero-order chi connectivity index (χ0) is 28.5. The molecule has 1 N–H and O–H groups in total. The van der Waals surface area contributed by atoms with Crippen molar-refractivity contribution in [1.29, 1.82) is 0 Å². The summed E-state index contributed by atoms with van der Waals surface area (Å²) in [5.41, 5.74) is 2.57. The predicted molar refractivity (Wildman–Crippen MR) is 166 cm³/mol. The van der Waals surface area contributed by atoms with Crippen LogP contribution < -0.4 is 10.1 Å². The Morgan fingerprint density at radius 3 is 2.58 bits per heavy atom. The fourth-order valence-electron chi connectivity index (χ4n) is 3.90. The van der Waals surface area contributed by atoms with E-state index in [1.54, 1.807) is 12.1 Å². The minimum Gasteiger partial charge on any atom is -0.493 e. The molecule has 212 valence electrons. The summed E-state index contributed by atoms with van der Waals surface area (Å²) in [6.07, 6.45) is 4.73. The lowest BCUT2D eigenvalue weighted by molar-refractivity contribution is 0.0686. The highest BCUT2D eigenvalue weighted by Gasteiger charge is 2.40. The molecule has 1 heterocycles. The van der Waals surface area contributed by atoms with Crippen molar-refractivity contribution < 1.29 is 23.5 Å². The summed E-state index contributed by atoms with van der Waals surface area (Å²) < 4.78 is 18.8. The standard InChI is InChI=1S/C29H45IN2O5Si/c1-9-14-36-28(34)31-25-18-26(35-15-12-10-11-13-30)22(3)17-24(25)27(33)32-19-21(2)16-23(32)20-37-38(7,8)29(4,5)6/h9,17-18,23H,1-2,10-16,19-20H2,3-8H3,(H,31,34)/t23-/m0/s1. The van der Waals surface area contributed by atoms with E-state index in [0.29, 0.717) is 43.2 Å². The molecular formula is C29H45IN2O5Si. The Morgan fingerprint density at radius 1 is 1.24 bits per heavy atom. The molecule has 1 aliphatic rings. The highest BCUT2D eigenvalue weighted by atomic mass is 127. The second-order valence-corrected chi connectivity index (χ2v) is 17.3. The van der Waals surface area contributed by atoms with Gasteiger partial charge in [0.25, 0.3) is 5.91 Å². The van der Waals surface area contributed by atoms with E-state index in [2.05, 4.69) is 74.9 Å². The van der Waals surface area contributed by atoms with Crippen molar-refractivity contribution in [2.45, 2.75) is 77.6 Å². The number of halogens is 1. The average Bonchev–Trinajstić information content (AvgIpc) is 3.22. The first-order valence-corrected chi connectivity index (χ1v) is 17.7. The van der Waals surface area contributed by atoms with E-state index < -0.39 is 14.4 Å². The van der Waals surface area contributed by atoms with Gasteiger partial charge in [0.1, 0.15) is 12.4 Å². The molecule has 0 saturated carbocycles. The van der Waals surface area contributed by atoms with E-state index in [1.807, 2.05) is 11.8 Å². The van der Waals surface area contributed by atoms with Crippen LogP contribution in [0, 0.1) is 6.92 Å². The van der Waals surface area contributed by atoms with Gasteiger partial charge < -0.3 is 18.8 Å². The van der Waals surface area contributed by atoms with Gasteiger partial charge in [-0.25, -0.2) is 4.79 Å². The topological polar surface area (TPSA) is 77.1 Å². The Hall–Kier alpha value is -1.85.